The Balaban J connectivity index is 1.76. The number of rotatable bonds is 7. The first-order chi connectivity index (χ1) is 16.5. The summed E-state index contributed by atoms with van der Waals surface area (Å²) in [7, 11) is 4.20. The SMILES string of the molecule is Cc1cccc(-c2nnc3c4cc(C)ccc4nc(N(CCN(C)C)Cc4ccccc4)n23)c1. The molecule has 0 fully saturated rings. The number of anilines is 1. The van der Waals surface area contributed by atoms with E-state index in [9.17, 15) is 0 Å². The second kappa shape index (κ2) is 9.23. The second-order valence-corrected chi connectivity index (χ2v) is 9.19. The van der Waals surface area contributed by atoms with Gasteiger partial charge in [-0.2, -0.15) is 0 Å². The number of likely N-dealkylation sites (N-methyl/N-ethyl adjacent to an activating group) is 1. The molecule has 2 aromatic heterocycles. The largest absolute Gasteiger partial charge is 0.336 e. The summed E-state index contributed by atoms with van der Waals surface area (Å²) in [5.41, 5.74) is 6.41. The third-order valence-corrected chi connectivity index (χ3v) is 6.07. The number of benzene rings is 3. The van der Waals surface area contributed by atoms with Gasteiger partial charge in [0.15, 0.2) is 11.5 Å². The Bertz CT molecular complexity index is 1440. The van der Waals surface area contributed by atoms with Gasteiger partial charge in [-0.05, 0) is 51.7 Å². The first-order valence-electron chi connectivity index (χ1n) is 11.7. The zero-order chi connectivity index (χ0) is 23.7. The Morgan fingerprint density at radius 2 is 1.59 bits per heavy atom. The van der Waals surface area contributed by atoms with Gasteiger partial charge in [-0.15, -0.1) is 10.2 Å². The monoisotopic (exact) mass is 450 g/mol. The molecule has 0 bridgehead atoms. The van der Waals surface area contributed by atoms with Crippen LogP contribution in [0, 0.1) is 13.8 Å². The molecule has 0 saturated heterocycles. The highest BCUT2D eigenvalue weighted by Gasteiger charge is 2.21. The molecule has 0 radical (unpaired) electrons. The zero-order valence-electron chi connectivity index (χ0n) is 20.2. The number of fused-ring (bicyclic) bond motifs is 3. The quantitative estimate of drug-likeness (QED) is 0.344. The van der Waals surface area contributed by atoms with Crippen LogP contribution in [-0.4, -0.2) is 51.7 Å². The average Bonchev–Trinajstić information content (AvgIpc) is 3.28. The van der Waals surface area contributed by atoms with Crippen molar-refractivity contribution in [2.45, 2.75) is 20.4 Å². The predicted octanol–water partition coefficient (Wildman–Crippen LogP) is 5.13. The molecule has 2 heterocycles. The fourth-order valence-corrected chi connectivity index (χ4v) is 4.29. The molecule has 0 saturated carbocycles. The minimum atomic E-state index is 0.750. The molecule has 6 heteroatoms. The van der Waals surface area contributed by atoms with Crippen LogP contribution in [0.5, 0.6) is 0 Å². The third-order valence-electron chi connectivity index (χ3n) is 6.07. The van der Waals surface area contributed by atoms with Crippen molar-refractivity contribution in [1.82, 2.24) is 24.5 Å². The number of hydrogen-bond donors (Lipinski definition) is 0. The summed E-state index contributed by atoms with van der Waals surface area (Å²) in [5, 5.41) is 10.4. The fraction of sp³-hybridized carbons (Fsp3) is 0.250. The second-order valence-electron chi connectivity index (χ2n) is 9.19. The lowest BCUT2D eigenvalue weighted by atomic mass is 10.1. The molecule has 3 aromatic carbocycles. The van der Waals surface area contributed by atoms with E-state index in [1.54, 1.807) is 0 Å². The van der Waals surface area contributed by atoms with Gasteiger partial charge >= 0.3 is 0 Å². The maximum atomic E-state index is 5.19. The van der Waals surface area contributed by atoms with Gasteiger partial charge in [0.25, 0.3) is 0 Å². The molecule has 0 aliphatic carbocycles. The van der Waals surface area contributed by atoms with E-state index in [4.69, 9.17) is 4.98 Å². The molecular weight excluding hydrogens is 420 g/mol. The van der Waals surface area contributed by atoms with Gasteiger partial charge in [0.05, 0.1) is 5.52 Å². The van der Waals surface area contributed by atoms with E-state index in [2.05, 4.69) is 125 Å². The van der Waals surface area contributed by atoms with Gasteiger partial charge < -0.3 is 9.80 Å². The number of nitrogens with zero attached hydrogens (tertiary/aromatic N) is 6. The third kappa shape index (κ3) is 4.37. The van der Waals surface area contributed by atoms with Gasteiger partial charge in [-0.1, -0.05) is 65.7 Å². The molecule has 0 aliphatic rings. The molecule has 0 atom stereocenters. The molecule has 5 rings (SSSR count). The van der Waals surface area contributed by atoms with Crippen molar-refractivity contribution in [1.29, 1.82) is 0 Å². The van der Waals surface area contributed by atoms with Gasteiger partial charge in [-0.3, -0.25) is 0 Å². The molecule has 172 valence electrons. The van der Waals surface area contributed by atoms with Crippen LogP contribution in [0.25, 0.3) is 27.9 Å². The lowest BCUT2D eigenvalue weighted by molar-refractivity contribution is 0.411. The minimum absolute atomic E-state index is 0.750. The van der Waals surface area contributed by atoms with Gasteiger partial charge in [0.1, 0.15) is 0 Å². The molecule has 6 nitrogen and oxygen atoms in total. The van der Waals surface area contributed by atoms with Crippen LogP contribution in [0.4, 0.5) is 5.95 Å². The molecule has 0 aliphatic heterocycles. The highest BCUT2D eigenvalue weighted by atomic mass is 15.4. The first kappa shape index (κ1) is 22.0. The summed E-state index contributed by atoms with van der Waals surface area (Å²) in [6, 6.07) is 25.3. The van der Waals surface area contributed by atoms with Crippen molar-refractivity contribution < 1.29 is 0 Å². The maximum Gasteiger partial charge on any atom is 0.214 e. The lowest BCUT2D eigenvalue weighted by Crippen LogP contribution is -2.33. The van der Waals surface area contributed by atoms with E-state index in [1.807, 2.05) is 0 Å². The topological polar surface area (TPSA) is 49.6 Å². The van der Waals surface area contributed by atoms with Crippen molar-refractivity contribution in [2.24, 2.45) is 0 Å². The van der Waals surface area contributed by atoms with Crippen molar-refractivity contribution in [3.8, 4) is 11.4 Å². The van der Waals surface area contributed by atoms with Crippen LogP contribution in [-0.2, 0) is 6.54 Å². The van der Waals surface area contributed by atoms with Crippen LogP contribution in [0.3, 0.4) is 0 Å². The minimum Gasteiger partial charge on any atom is -0.336 e. The van der Waals surface area contributed by atoms with Gasteiger partial charge in [0.2, 0.25) is 5.95 Å². The molecule has 0 N–H and O–H groups in total. The molecule has 34 heavy (non-hydrogen) atoms. The predicted molar refractivity (Wildman–Crippen MR) is 139 cm³/mol. The number of aromatic nitrogens is 4. The fourth-order valence-electron chi connectivity index (χ4n) is 4.29. The molecule has 0 amide bonds. The van der Waals surface area contributed by atoms with Gasteiger partial charge in [0, 0.05) is 30.6 Å². The van der Waals surface area contributed by atoms with E-state index >= 15 is 0 Å². The number of hydrogen-bond acceptors (Lipinski definition) is 5. The summed E-state index contributed by atoms with van der Waals surface area (Å²) < 4.78 is 2.13. The lowest BCUT2D eigenvalue weighted by Gasteiger charge is -2.27. The normalized spacial score (nSPS) is 11.6. The smallest absolute Gasteiger partial charge is 0.214 e. The Hall–Kier alpha value is -3.77. The van der Waals surface area contributed by atoms with E-state index in [1.165, 1.54) is 16.7 Å². The van der Waals surface area contributed by atoms with Crippen molar-refractivity contribution >= 4 is 22.5 Å². The Labute approximate surface area is 200 Å². The van der Waals surface area contributed by atoms with Crippen LogP contribution in [0.1, 0.15) is 16.7 Å². The standard InChI is InChI=1S/C28H30N6/c1-20-9-8-12-23(17-20)26-30-31-27-24-18-21(2)13-14-25(24)29-28(34(26)27)33(16-15-32(3)4)19-22-10-6-5-7-11-22/h5-14,17-18H,15-16,19H2,1-4H3. The zero-order valence-corrected chi connectivity index (χ0v) is 20.2. The van der Waals surface area contributed by atoms with Crippen molar-refractivity contribution in [2.75, 3.05) is 32.1 Å². The summed E-state index contributed by atoms with van der Waals surface area (Å²) in [6.07, 6.45) is 0. The van der Waals surface area contributed by atoms with Crippen LogP contribution in [0.2, 0.25) is 0 Å². The summed E-state index contributed by atoms with van der Waals surface area (Å²) in [5.74, 6) is 1.67. The molecular formula is C28H30N6. The Morgan fingerprint density at radius 3 is 2.35 bits per heavy atom. The van der Waals surface area contributed by atoms with Crippen LogP contribution >= 0.6 is 0 Å². The van der Waals surface area contributed by atoms with Crippen molar-refractivity contribution in [3.05, 3.63) is 89.5 Å². The Morgan fingerprint density at radius 1 is 0.794 bits per heavy atom. The van der Waals surface area contributed by atoms with Crippen LogP contribution < -0.4 is 4.90 Å². The van der Waals surface area contributed by atoms with Crippen LogP contribution in [0.15, 0.2) is 72.8 Å². The Kier molecular flexibility index (Phi) is 5.99. The van der Waals surface area contributed by atoms with E-state index in [0.29, 0.717) is 0 Å². The maximum absolute atomic E-state index is 5.19. The highest BCUT2D eigenvalue weighted by Crippen LogP contribution is 2.30. The number of aryl methyl sites for hydroxylation is 2. The molecule has 0 spiro atoms. The van der Waals surface area contributed by atoms with E-state index in [-0.39, 0.29) is 0 Å². The van der Waals surface area contributed by atoms with E-state index < -0.39 is 0 Å². The summed E-state index contributed by atoms with van der Waals surface area (Å²) >= 11 is 0. The summed E-state index contributed by atoms with van der Waals surface area (Å²) in [4.78, 5) is 9.73. The summed E-state index contributed by atoms with van der Waals surface area (Å²) in [6.45, 7) is 6.68. The first-order valence-corrected chi connectivity index (χ1v) is 11.7. The molecule has 0 unspecified atom stereocenters. The van der Waals surface area contributed by atoms with Crippen molar-refractivity contribution in [3.63, 3.8) is 0 Å². The van der Waals surface area contributed by atoms with Gasteiger partial charge in [-0.25, -0.2) is 9.38 Å². The highest BCUT2D eigenvalue weighted by molar-refractivity contribution is 5.94. The van der Waals surface area contributed by atoms with E-state index in [0.717, 1.165) is 53.5 Å². The molecule has 5 aromatic rings. The average molecular weight is 451 g/mol.